The number of hydrogen-bond donors (Lipinski definition) is 3. The first-order valence-corrected chi connectivity index (χ1v) is 6.80. The molecule has 1 fully saturated rings. The van der Waals surface area contributed by atoms with Gasteiger partial charge in [0.2, 0.25) is 0 Å². The second-order valence-corrected chi connectivity index (χ2v) is 5.15. The van der Waals surface area contributed by atoms with Gasteiger partial charge in [-0.05, 0) is 18.8 Å². The van der Waals surface area contributed by atoms with E-state index in [1.54, 1.807) is 0 Å². The molecule has 0 heterocycles. The minimum absolute atomic E-state index is 0.0719. The summed E-state index contributed by atoms with van der Waals surface area (Å²) in [4.78, 5) is 0. The average molecular weight is 271 g/mol. The molecular formula is C15H17N3O2. The van der Waals surface area contributed by atoms with Crippen molar-refractivity contribution in [3.8, 4) is 23.6 Å². The largest absolute Gasteiger partial charge is 0.504 e. The number of aromatic hydroxyl groups is 2. The van der Waals surface area contributed by atoms with Gasteiger partial charge in [-0.25, -0.2) is 0 Å². The van der Waals surface area contributed by atoms with Crippen LogP contribution < -0.4 is 5.32 Å². The molecule has 0 spiro atoms. The smallest absolute Gasteiger partial charge is 0.177 e. The summed E-state index contributed by atoms with van der Waals surface area (Å²) >= 11 is 0. The van der Waals surface area contributed by atoms with Crippen LogP contribution in [0.3, 0.4) is 0 Å². The van der Waals surface area contributed by atoms with Crippen LogP contribution in [0.2, 0.25) is 0 Å². The van der Waals surface area contributed by atoms with Crippen molar-refractivity contribution in [3.05, 3.63) is 17.2 Å². The third kappa shape index (κ3) is 2.78. The monoisotopic (exact) mass is 271 g/mol. The molecule has 1 aromatic rings. The fraction of sp³-hybridized carbons (Fsp3) is 0.467. The molecule has 3 N–H and O–H groups in total. The molecule has 0 saturated heterocycles. The van der Waals surface area contributed by atoms with Crippen LogP contribution in [0, 0.1) is 28.6 Å². The molecule has 1 aliphatic carbocycles. The quantitative estimate of drug-likeness (QED) is 0.579. The number of nitrogens with one attached hydrogen (secondary N) is 1. The van der Waals surface area contributed by atoms with Crippen LogP contribution in [0.1, 0.15) is 43.2 Å². The van der Waals surface area contributed by atoms with E-state index in [1.165, 1.54) is 25.3 Å². The summed E-state index contributed by atoms with van der Waals surface area (Å²) in [6.07, 6.45) is 5.97. The van der Waals surface area contributed by atoms with E-state index in [-0.39, 0.29) is 11.1 Å². The van der Waals surface area contributed by atoms with Crippen molar-refractivity contribution in [2.24, 2.45) is 5.92 Å². The lowest BCUT2D eigenvalue weighted by Gasteiger charge is -2.23. The van der Waals surface area contributed by atoms with Gasteiger partial charge in [-0.3, -0.25) is 0 Å². The molecule has 0 radical (unpaired) electrons. The molecule has 0 unspecified atom stereocenters. The van der Waals surface area contributed by atoms with Crippen LogP contribution >= 0.6 is 0 Å². The van der Waals surface area contributed by atoms with Gasteiger partial charge >= 0.3 is 0 Å². The van der Waals surface area contributed by atoms with Gasteiger partial charge < -0.3 is 15.5 Å². The van der Waals surface area contributed by atoms with Gasteiger partial charge in [0.15, 0.2) is 11.5 Å². The van der Waals surface area contributed by atoms with Crippen LogP contribution in [-0.2, 0) is 0 Å². The summed E-state index contributed by atoms with van der Waals surface area (Å²) in [5.74, 6) is -0.392. The van der Waals surface area contributed by atoms with Gasteiger partial charge in [0.25, 0.3) is 0 Å². The number of hydrogen-bond acceptors (Lipinski definition) is 5. The highest BCUT2D eigenvalue weighted by Gasteiger charge is 2.19. The second kappa shape index (κ2) is 6.16. The van der Waals surface area contributed by atoms with E-state index in [4.69, 9.17) is 10.5 Å². The van der Waals surface area contributed by atoms with Gasteiger partial charge in [0.1, 0.15) is 17.7 Å². The Hall–Kier alpha value is -2.40. The Morgan fingerprint density at radius 3 is 2.45 bits per heavy atom. The molecule has 20 heavy (non-hydrogen) atoms. The second-order valence-electron chi connectivity index (χ2n) is 5.15. The molecule has 0 amide bonds. The molecular weight excluding hydrogens is 254 g/mol. The van der Waals surface area contributed by atoms with Gasteiger partial charge in [0.05, 0.1) is 11.3 Å². The van der Waals surface area contributed by atoms with Crippen molar-refractivity contribution in [2.75, 3.05) is 11.9 Å². The fourth-order valence-electron chi connectivity index (χ4n) is 2.68. The number of rotatable bonds is 3. The summed E-state index contributed by atoms with van der Waals surface area (Å²) in [7, 11) is 0. The summed E-state index contributed by atoms with van der Waals surface area (Å²) in [5, 5.41) is 40.5. The van der Waals surface area contributed by atoms with Crippen molar-refractivity contribution in [1.82, 2.24) is 0 Å². The van der Waals surface area contributed by atoms with Crippen LogP contribution in [0.4, 0.5) is 5.69 Å². The number of phenolic OH excluding ortho intramolecular Hbond substituents is 2. The lowest BCUT2D eigenvalue weighted by molar-refractivity contribution is 0.373. The first kappa shape index (κ1) is 14.0. The Morgan fingerprint density at radius 2 is 1.85 bits per heavy atom. The average Bonchev–Trinajstić information content (AvgIpc) is 2.49. The third-order valence-corrected chi connectivity index (χ3v) is 3.80. The van der Waals surface area contributed by atoms with Crippen molar-refractivity contribution < 1.29 is 10.2 Å². The summed E-state index contributed by atoms with van der Waals surface area (Å²) in [6.45, 7) is 0.674. The van der Waals surface area contributed by atoms with Gasteiger partial charge in [0, 0.05) is 12.6 Å². The molecule has 2 rings (SSSR count). The first-order valence-electron chi connectivity index (χ1n) is 6.80. The Bertz CT molecular complexity index is 578. The van der Waals surface area contributed by atoms with E-state index in [2.05, 4.69) is 5.32 Å². The molecule has 0 aromatic heterocycles. The van der Waals surface area contributed by atoms with E-state index in [9.17, 15) is 10.2 Å². The van der Waals surface area contributed by atoms with Gasteiger partial charge in [-0.1, -0.05) is 19.3 Å². The zero-order valence-electron chi connectivity index (χ0n) is 11.2. The number of anilines is 1. The third-order valence-electron chi connectivity index (χ3n) is 3.80. The fourth-order valence-corrected chi connectivity index (χ4v) is 2.68. The lowest BCUT2D eigenvalue weighted by Crippen LogP contribution is -2.18. The predicted octanol–water partition coefficient (Wildman–Crippen LogP) is 2.83. The van der Waals surface area contributed by atoms with E-state index in [0.717, 1.165) is 12.8 Å². The van der Waals surface area contributed by atoms with Crippen molar-refractivity contribution in [2.45, 2.75) is 32.1 Å². The van der Waals surface area contributed by atoms with Crippen LogP contribution in [-0.4, -0.2) is 16.8 Å². The molecule has 0 bridgehead atoms. The van der Waals surface area contributed by atoms with Crippen LogP contribution in [0.5, 0.6) is 11.5 Å². The number of nitrogens with zero attached hydrogens (tertiary/aromatic N) is 2. The summed E-state index contributed by atoms with van der Waals surface area (Å²) in [6, 6.07) is 4.96. The minimum atomic E-state index is -0.474. The van der Waals surface area contributed by atoms with E-state index < -0.39 is 11.5 Å². The Balaban J connectivity index is 2.24. The van der Waals surface area contributed by atoms with Crippen LogP contribution in [0.25, 0.3) is 0 Å². The van der Waals surface area contributed by atoms with E-state index in [1.807, 2.05) is 12.1 Å². The molecule has 1 aromatic carbocycles. The highest BCUT2D eigenvalue weighted by atomic mass is 16.3. The lowest BCUT2D eigenvalue weighted by atomic mass is 9.89. The van der Waals surface area contributed by atoms with Crippen molar-refractivity contribution in [1.29, 1.82) is 10.5 Å². The molecule has 0 atom stereocenters. The van der Waals surface area contributed by atoms with E-state index in [0.29, 0.717) is 18.2 Å². The summed E-state index contributed by atoms with van der Waals surface area (Å²) in [5.41, 5.74) is 0.417. The summed E-state index contributed by atoms with van der Waals surface area (Å²) < 4.78 is 0. The highest BCUT2D eigenvalue weighted by molar-refractivity contribution is 5.74. The maximum absolute atomic E-state index is 9.71. The Morgan fingerprint density at radius 1 is 1.15 bits per heavy atom. The molecule has 5 nitrogen and oxygen atoms in total. The van der Waals surface area contributed by atoms with Gasteiger partial charge in [-0.15, -0.1) is 0 Å². The maximum atomic E-state index is 9.71. The maximum Gasteiger partial charge on any atom is 0.177 e. The van der Waals surface area contributed by atoms with Crippen molar-refractivity contribution >= 4 is 5.69 Å². The molecule has 5 heteroatoms. The molecule has 1 aliphatic rings. The zero-order chi connectivity index (χ0) is 14.5. The number of benzene rings is 1. The topological polar surface area (TPSA) is 100 Å². The highest BCUT2D eigenvalue weighted by Crippen LogP contribution is 2.37. The minimum Gasteiger partial charge on any atom is -0.504 e. The van der Waals surface area contributed by atoms with Crippen LogP contribution in [0.15, 0.2) is 6.07 Å². The number of nitriles is 2. The zero-order valence-corrected chi connectivity index (χ0v) is 11.2. The normalized spacial score (nSPS) is 15.3. The molecule has 1 saturated carbocycles. The molecule has 0 aliphatic heterocycles. The molecule has 104 valence electrons. The first-order chi connectivity index (χ1) is 9.67. The predicted molar refractivity (Wildman–Crippen MR) is 74.3 cm³/mol. The SMILES string of the molecule is N#Cc1cc(O)c(O)c(C#N)c1NCC1CCCCC1. The van der Waals surface area contributed by atoms with E-state index >= 15 is 0 Å². The van der Waals surface area contributed by atoms with Crippen molar-refractivity contribution in [3.63, 3.8) is 0 Å². The Kier molecular flexibility index (Phi) is 4.32. The standard InChI is InChI=1S/C15H17N3O2/c16-7-11-6-13(19)15(20)12(8-17)14(11)18-9-10-4-2-1-3-5-10/h6,10,18-20H,1-5,9H2. The Labute approximate surface area is 118 Å². The van der Waals surface area contributed by atoms with Gasteiger partial charge in [-0.2, -0.15) is 10.5 Å². The number of phenols is 2.